The van der Waals surface area contributed by atoms with Gasteiger partial charge in [0.25, 0.3) is 0 Å². The molecule has 0 amide bonds. The molecule has 0 radical (unpaired) electrons. The maximum absolute atomic E-state index is 5.99. The summed E-state index contributed by atoms with van der Waals surface area (Å²) < 4.78 is 5.99. The second-order valence-electron chi connectivity index (χ2n) is 5.30. The Morgan fingerprint density at radius 2 is 1.50 bits per heavy atom. The van der Waals surface area contributed by atoms with Crippen molar-refractivity contribution in [1.82, 2.24) is 0 Å². The van der Waals surface area contributed by atoms with Gasteiger partial charge in [0, 0.05) is 0 Å². The van der Waals surface area contributed by atoms with Crippen LogP contribution in [0.15, 0.2) is 0 Å². The highest BCUT2D eigenvalue weighted by Crippen LogP contribution is 2.39. The third-order valence-electron chi connectivity index (χ3n) is 2.69. The molecule has 0 spiro atoms. The molecule has 1 heterocycles. The van der Waals surface area contributed by atoms with Crippen molar-refractivity contribution >= 4 is 0 Å². The Balaban J connectivity index is 2.66. The smallest absolute Gasteiger partial charge is 0.0636 e. The molecule has 1 saturated heterocycles. The molecule has 0 N–H and O–H groups in total. The van der Waals surface area contributed by atoms with Crippen molar-refractivity contribution in [2.24, 2.45) is 5.92 Å². The summed E-state index contributed by atoms with van der Waals surface area (Å²) in [5.41, 5.74) is 0.171. The number of hydrogen-bond donors (Lipinski definition) is 0. The van der Waals surface area contributed by atoms with Crippen LogP contribution in [-0.2, 0) is 4.74 Å². The summed E-state index contributed by atoms with van der Waals surface area (Å²) >= 11 is 0. The second kappa shape index (κ2) is 3.02. The highest BCUT2D eigenvalue weighted by atomic mass is 16.5. The van der Waals surface area contributed by atoms with Crippen molar-refractivity contribution in [1.29, 1.82) is 0 Å². The molecule has 0 aromatic carbocycles. The van der Waals surface area contributed by atoms with Crippen LogP contribution in [0.2, 0.25) is 0 Å². The largest absolute Gasteiger partial charge is 0.370 e. The van der Waals surface area contributed by atoms with Crippen LogP contribution in [0.25, 0.3) is 0 Å². The third-order valence-corrected chi connectivity index (χ3v) is 2.69. The Morgan fingerprint density at radius 1 is 1.08 bits per heavy atom. The first kappa shape index (κ1) is 10.0. The molecule has 0 bridgehead atoms. The van der Waals surface area contributed by atoms with Crippen molar-refractivity contribution in [2.45, 2.75) is 65.1 Å². The van der Waals surface area contributed by atoms with Gasteiger partial charge in [-0.2, -0.15) is 0 Å². The average molecular weight is 170 g/mol. The minimum Gasteiger partial charge on any atom is -0.370 e. The van der Waals surface area contributed by atoms with Crippen LogP contribution in [-0.4, -0.2) is 11.2 Å². The molecule has 0 aromatic rings. The number of hydrogen-bond acceptors (Lipinski definition) is 1. The van der Waals surface area contributed by atoms with Crippen molar-refractivity contribution < 1.29 is 4.74 Å². The van der Waals surface area contributed by atoms with Crippen LogP contribution in [0.5, 0.6) is 0 Å². The van der Waals surface area contributed by atoms with E-state index in [1.807, 2.05) is 0 Å². The molecule has 1 heteroatoms. The van der Waals surface area contributed by atoms with Crippen LogP contribution in [0.1, 0.15) is 53.9 Å². The molecule has 1 fully saturated rings. The van der Waals surface area contributed by atoms with Crippen molar-refractivity contribution in [3.8, 4) is 0 Å². The molecule has 0 atom stereocenters. The van der Waals surface area contributed by atoms with Crippen LogP contribution in [0.3, 0.4) is 0 Å². The van der Waals surface area contributed by atoms with E-state index in [1.165, 1.54) is 19.3 Å². The quantitative estimate of drug-likeness (QED) is 0.586. The summed E-state index contributed by atoms with van der Waals surface area (Å²) in [4.78, 5) is 0. The normalized spacial score (nSPS) is 28.8. The maximum Gasteiger partial charge on any atom is 0.0636 e. The Labute approximate surface area is 76.5 Å². The van der Waals surface area contributed by atoms with Gasteiger partial charge in [0.05, 0.1) is 11.2 Å². The first-order valence-electron chi connectivity index (χ1n) is 5.05. The molecule has 72 valence electrons. The number of ether oxygens (including phenoxy) is 1. The predicted molar refractivity (Wildman–Crippen MR) is 52.3 cm³/mol. The van der Waals surface area contributed by atoms with E-state index in [-0.39, 0.29) is 11.2 Å². The van der Waals surface area contributed by atoms with Gasteiger partial charge in [-0.25, -0.2) is 0 Å². The van der Waals surface area contributed by atoms with Gasteiger partial charge in [0.2, 0.25) is 0 Å². The minimum absolute atomic E-state index is 0.0857. The summed E-state index contributed by atoms with van der Waals surface area (Å²) in [5, 5.41) is 0. The summed E-state index contributed by atoms with van der Waals surface area (Å²) in [5.74, 6) is 0.851. The van der Waals surface area contributed by atoms with Gasteiger partial charge in [0.1, 0.15) is 0 Å². The zero-order chi connectivity index (χ0) is 9.41. The van der Waals surface area contributed by atoms with E-state index in [0.717, 1.165) is 5.92 Å². The standard InChI is InChI=1S/C11H22O/c1-6-9-7-10(2,3)12-11(4,5)8-9/h9H,6-8H2,1-5H3. The summed E-state index contributed by atoms with van der Waals surface area (Å²) in [6.07, 6.45) is 3.72. The Morgan fingerprint density at radius 3 is 1.83 bits per heavy atom. The molecular weight excluding hydrogens is 148 g/mol. The minimum atomic E-state index is 0.0857. The van der Waals surface area contributed by atoms with E-state index in [0.29, 0.717) is 0 Å². The van der Waals surface area contributed by atoms with Crippen LogP contribution in [0, 0.1) is 5.92 Å². The fourth-order valence-electron chi connectivity index (χ4n) is 2.58. The molecule has 1 aliphatic rings. The molecule has 12 heavy (non-hydrogen) atoms. The zero-order valence-corrected chi connectivity index (χ0v) is 9.11. The maximum atomic E-state index is 5.99. The first-order chi connectivity index (χ1) is 5.35. The van der Waals surface area contributed by atoms with Gasteiger partial charge in [-0.05, 0) is 46.5 Å². The van der Waals surface area contributed by atoms with Gasteiger partial charge >= 0.3 is 0 Å². The summed E-state index contributed by atoms with van der Waals surface area (Å²) in [6, 6.07) is 0. The van der Waals surface area contributed by atoms with E-state index >= 15 is 0 Å². The molecule has 0 saturated carbocycles. The van der Waals surface area contributed by atoms with E-state index in [4.69, 9.17) is 4.74 Å². The summed E-state index contributed by atoms with van der Waals surface area (Å²) in [6.45, 7) is 11.1. The van der Waals surface area contributed by atoms with E-state index < -0.39 is 0 Å². The predicted octanol–water partition coefficient (Wildman–Crippen LogP) is 3.38. The lowest BCUT2D eigenvalue weighted by atomic mass is 9.79. The van der Waals surface area contributed by atoms with Gasteiger partial charge in [0.15, 0.2) is 0 Å². The summed E-state index contributed by atoms with van der Waals surface area (Å²) in [7, 11) is 0. The fourth-order valence-corrected chi connectivity index (χ4v) is 2.58. The molecule has 1 aliphatic heterocycles. The average Bonchev–Trinajstić information content (AvgIpc) is 1.80. The van der Waals surface area contributed by atoms with Crippen LogP contribution >= 0.6 is 0 Å². The Hall–Kier alpha value is -0.0400. The highest BCUT2D eigenvalue weighted by molar-refractivity contribution is 4.87. The van der Waals surface area contributed by atoms with Crippen molar-refractivity contribution in [3.05, 3.63) is 0 Å². The molecule has 1 nitrogen and oxygen atoms in total. The van der Waals surface area contributed by atoms with Gasteiger partial charge < -0.3 is 4.74 Å². The molecule has 0 aliphatic carbocycles. The lowest BCUT2D eigenvalue weighted by molar-refractivity contribution is -0.172. The second-order valence-corrected chi connectivity index (χ2v) is 5.30. The van der Waals surface area contributed by atoms with E-state index in [2.05, 4.69) is 34.6 Å². The lowest BCUT2D eigenvalue weighted by Gasteiger charge is -2.45. The van der Waals surface area contributed by atoms with Crippen LogP contribution in [0.4, 0.5) is 0 Å². The highest BCUT2D eigenvalue weighted by Gasteiger charge is 2.38. The lowest BCUT2D eigenvalue weighted by Crippen LogP contribution is -2.45. The third kappa shape index (κ3) is 2.48. The molecule has 1 rings (SSSR count). The number of rotatable bonds is 1. The monoisotopic (exact) mass is 170 g/mol. The Bertz CT molecular complexity index is 142. The Kier molecular flexibility index (Phi) is 2.53. The van der Waals surface area contributed by atoms with Crippen LogP contribution < -0.4 is 0 Å². The van der Waals surface area contributed by atoms with Crippen molar-refractivity contribution in [2.75, 3.05) is 0 Å². The molecule has 0 unspecified atom stereocenters. The zero-order valence-electron chi connectivity index (χ0n) is 9.11. The van der Waals surface area contributed by atoms with Gasteiger partial charge in [-0.15, -0.1) is 0 Å². The SMILES string of the molecule is CCC1CC(C)(C)OC(C)(C)C1. The molecule has 0 aromatic heterocycles. The van der Waals surface area contributed by atoms with Crippen molar-refractivity contribution in [3.63, 3.8) is 0 Å². The van der Waals surface area contributed by atoms with E-state index in [9.17, 15) is 0 Å². The topological polar surface area (TPSA) is 9.23 Å². The van der Waals surface area contributed by atoms with E-state index in [1.54, 1.807) is 0 Å². The molecular formula is C11H22O. The first-order valence-corrected chi connectivity index (χ1v) is 5.05. The fraction of sp³-hybridized carbons (Fsp3) is 1.00. The van der Waals surface area contributed by atoms with Gasteiger partial charge in [-0.1, -0.05) is 13.3 Å². The van der Waals surface area contributed by atoms with Gasteiger partial charge in [-0.3, -0.25) is 0 Å².